The number of benzene rings is 2. The molecule has 1 aliphatic heterocycles. The molecule has 0 saturated carbocycles. The predicted molar refractivity (Wildman–Crippen MR) is 98.4 cm³/mol. The lowest BCUT2D eigenvalue weighted by Gasteiger charge is -2.31. The zero-order chi connectivity index (χ0) is 18.5. The lowest BCUT2D eigenvalue weighted by atomic mass is 9.88. The van der Waals surface area contributed by atoms with Gasteiger partial charge >= 0.3 is 0 Å². The molecule has 136 valence electrons. The van der Waals surface area contributed by atoms with Gasteiger partial charge in [-0.25, -0.2) is 0 Å². The molecule has 1 fully saturated rings. The summed E-state index contributed by atoms with van der Waals surface area (Å²) < 4.78 is 5.19. The van der Waals surface area contributed by atoms with Gasteiger partial charge in [-0.05, 0) is 54.8 Å². The van der Waals surface area contributed by atoms with E-state index in [1.165, 1.54) is 12.1 Å². The molecule has 0 aliphatic carbocycles. The number of likely N-dealkylation sites (tertiary alicyclic amines) is 1. The molecule has 1 aliphatic rings. The second-order valence-electron chi connectivity index (χ2n) is 6.59. The number of hydrogen-bond donors (Lipinski definition) is 1. The first-order chi connectivity index (χ1) is 12.6. The molecule has 26 heavy (non-hydrogen) atoms. The highest BCUT2D eigenvalue weighted by Gasteiger charge is 2.27. The molecule has 2 aromatic carbocycles. The first-order valence-electron chi connectivity index (χ1n) is 8.81. The van der Waals surface area contributed by atoms with Gasteiger partial charge in [0.2, 0.25) is 5.91 Å². The van der Waals surface area contributed by atoms with Gasteiger partial charge in [-0.1, -0.05) is 12.1 Å². The van der Waals surface area contributed by atoms with Crippen LogP contribution in [0.1, 0.15) is 28.8 Å². The number of nitrogens with zero attached hydrogens (tertiary/aromatic N) is 1. The van der Waals surface area contributed by atoms with Gasteiger partial charge in [-0.3, -0.25) is 9.59 Å². The normalized spacial score (nSPS) is 14.9. The molecule has 1 amide bonds. The van der Waals surface area contributed by atoms with Crippen molar-refractivity contribution >= 4 is 11.7 Å². The number of hydrogen-bond acceptors (Lipinski definition) is 4. The predicted octanol–water partition coefficient (Wildman–Crippen LogP) is 3.06. The maximum atomic E-state index is 12.6. The Bertz CT molecular complexity index is 777. The van der Waals surface area contributed by atoms with Crippen LogP contribution in [0.5, 0.6) is 11.5 Å². The molecule has 0 aromatic heterocycles. The van der Waals surface area contributed by atoms with Gasteiger partial charge in [0, 0.05) is 24.6 Å². The first kappa shape index (κ1) is 18.0. The van der Waals surface area contributed by atoms with Crippen molar-refractivity contribution in [3.63, 3.8) is 0 Å². The summed E-state index contributed by atoms with van der Waals surface area (Å²) in [6.45, 7) is 1.19. The number of carbonyl (C=O) groups excluding carboxylic acids is 2. The number of piperidine rings is 1. The van der Waals surface area contributed by atoms with Crippen LogP contribution in [-0.2, 0) is 11.2 Å². The highest BCUT2D eigenvalue weighted by molar-refractivity contribution is 5.98. The van der Waals surface area contributed by atoms with Gasteiger partial charge in [0.05, 0.1) is 13.5 Å². The summed E-state index contributed by atoms with van der Waals surface area (Å²) >= 11 is 0. The van der Waals surface area contributed by atoms with Gasteiger partial charge in [-0.15, -0.1) is 0 Å². The summed E-state index contributed by atoms with van der Waals surface area (Å²) in [4.78, 5) is 26.9. The lowest BCUT2D eigenvalue weighted by Crippen LogP contribution is -2.41. The van der Waals surface area contributed by atoms with E-state index >= 15 is 0 Å². The van der Waals surface area contributed by atoms with Crippen molar-refractivity contribution < 1.29 is 19.4 Å². The molecule has 0 atom stereocenters. The number of phenolic OH excluding ortho intramolecular Hbond substituents is 1. The van der Waals surface area contributed by atoms with E-state index in [1.807, 2.05) is 29.2 Å². The molecule has 1 saturated heterocycles. The highest BCUT2D eigenvalue weighted by atomic mass is 16.5. The number of rotatable bonds is 5. The minimum atomic E-state index is -0.0691. The van der Waals surface area contributed by atoms with E-state index in [9.17, 15) is 14.7 Å². The molecule has 5 heteroatoms. The smallest absolute Gasteiger partial charge is 0.226 e. The van der Waals surface area contributed by atoms with E-state index in [0.717, 1.165) is 11.3 Å². The number of ketones is 1. The number of phenols is 1. The molecule has 0 unspecified atom stereocenters. The number of amides is 1. The minimum absolute atomic E-state index is 0.0691. The third-order valence-corrected chi connectivity index (χ3v) is 4.86. The SMILES string of the molecule is COc1cccc(CC(=O)N2CCC(C(=O)c3ccc(O)cc3)CC2)c1. The number of Topliss-reactive ketones (excluding diaryl/α,β-unsaturated/α-hetero) is 1. The zero-order valence-electron chi connectivity index (χ0n) is 14.9. The summed E-state index contributed by atoms with van der Waals surface area (Å²) in [6, 6.07) is 13.9. The summed E-state index contributed by atoms with van der Waals surface area (Å²) in [5.41, 5.74) is 1.54. The van der Waals surface area contributed by atoms with Crippen LogP contribution in [0.3, 0.4) is 0 Å². The monoisotopic (exact) mass is 353 g/mol. The Hall–Kier alpha value is -2.82. The fraction of sp³-hybridized carbons (Fsp3) is 0.333. The first-order valence-corrected chi connectivity index (χ1v) is 8.81. The molecular formula is C21H23NO4. The molecule has 2 aromatic rings. The summed E-state index contributed by atoms with van der Waals surface area (Å²) in [5.74, 6) is 0.993. The Morgan fingerprint density at radius 1 is 1.12 bits per heavy atom. The second-order valence-corrected chi connectivity index (χ2v) is 6.59. The summed E-state index contributed by atoms with van der Waals surface area (Å²) in [5, 5.41) is 9.34. The number of ether oxygens (including phenoxy) is 1. The van der Waals surface area contributed by atoms with Crippen LogP contribution in [0.4, 0.5) is 0 Å². The number of aromatic hydroxyl groups is 1. The molecule has 1 N–H and O–H groups in total. The Morgan fingerprint density at radius 2 is 1.81 bits per heavy atom. The molecule has 5 nitrogen and oxygen atoms in total. The van der Waals surface area contributed by atoms with E-state index in [2.05, 4.69) is 0 Å². The molecule has 3 rings (SSSR count). The zero-order valence-corrected chi connectivity index (χ0v) is 14.9. The van der Waals surface area contributed by atoms with E-state index in [0.29, 0.717) is 37.9 Å². The van der Waals surface area contributed by atoms with E-state index < -0.39 is 0 Å². The van der Waals surface area contributed by atoms with Crippen molar-refractivity contribution in [2.75, 3.05) is 20.2 Å². The highest BCUT2D eigenvalue weighted by Crippen LogP contribution is 2.23. The van der Waals surface area contributed by atoms with Gasteiger partial charge in [-0.2, -0.15) is 0 Å². The Morgan fingerprint density at radius 3 is 2.46 bits per heavy atom. The Balaban J connectivity index is 1.55. The summed E-state index contributed by atoms with van der Waals surface area (Å²) in [7, 11) is 1.61. The van der Waals surface area contributed by atoms with E-state index in [4.69, 9.17) is 4.74 Å². The van der Waals surface area contributed by atoms with Crippen LogP contribution in [0.15, 0.2) is 48.5 Å². The molecule has 0 bridgehead atoms. The molecule has 1 heterocycles. The van der Waals surface area contributed by atoms with Crippen molar-refractivity contribution in [1.82, 2.24) is 4.90 Å². The summed E-state index contributed by atoms with van der Waals surface area (Å²) in [6.07, 6.45) is 1.68. The fourth-order valence-electron chi connectivity index (χ4n) is 3.32. The van der Waals surface area contributed by atoms with Crippen LogP contribution in [-0.4, -0.2) is 41.9 Å². The quantitative estimate of drug-likeness (QED) is 0.839. The van der Waals surface area contributed by atoms with Crippen molar-refractivity contribution in [3.8, 4) is 11.5 Å². The standard InChI is InChI=1S/C21H23NO4/c1-26-19-4-2-3-15(13-19)14-20(24)22-11-9-17(10-12-22)21(25)16-5-7-18(23)8-6-16/h2-8,13,17,23H,9-12,14H2,1H3. The minimum Gasteiger partial charge on any atom is -0.508 e. The molecule has 0 spiro atoms. The lowest BCUT2D eigenvalue weighted by molar-refractivity contribution is -0.131. The van der Waals surface area contributed by atoms with Crippen LogP contribution in [0.2, 0.25) is 0 Å². The van der Waals surface area contributed by atoms with Gasteiger partial charge < -0.3 is 14.7 Å². The van der Waals surface area contributed by atoms with Crippen molar-refractivity contribution in [3.05, 3.63) is 59.7 Å². The number of carbonyl (C=O) groups is 2. The molecular weight excluding hydrogens is 330 g/mol. The third kappa shape index (κ3) is 4.23. The van der Waals surface area contributed by atoms with Crippen molar-refractivity contribution in [2.24, 2.45) is 5.92 Å². The number of methoxy groups -OCH3 is 1. The topological polar surface area (TPSA) is 66.8 Å². The Kier molecular flexibility index (Phi) is 5.56. The van der Waals surface area contributed by atoms with E-state index in [1.54, 1.807) is 19.2 Å². The Labute approximate surface area is 153 Å². The van der Waals surface area contributed by atoms with Crippen molar-refractivity contribution in [1.29, 1.82) is 0 Å². The van der Waals surface area contributed by atoms with Crippen LogP contribution < -0.4 is 4.74 Å². The maximum Gasteiger partial charge on any atom is 0.226 e. The molecule has 0 radical (unpaired) electrons. The largest absolute Gasteiger partial charge is 0.508 e. The van der Waals surface area contributed by atoms with Gasteiger partial charge in [0.15, 0.2) is 5.78 Å². The van der Waals surface area contributed by atoms with Gasteiger partial charge in [0.25, 0.3) is 0 Å². The van der Waals surface area contributed by atoms with Crippen LogP contribution in [0, 0.1) is 5.92 Å². The van der Waals surface area contributed by atoms with E-state index in [-0.39, 0.29) is 23.4 Å². The maximum absolute atomic E-state index is 12.6. The van der Waals surface area contributed by atoms with Crippen LogP contribution in [0.25, 0.3) is 0 Å². The van der Waals surface area contributed by atoms with Crippen molar-refractivity contribution in [2.45, 2.75) is 19.3 Å². The third-order valence-electron chi connectivity index (χ3n) is 4.86. The van der Waals surface area contributed by atoms with Crippen LogP contribution >= 0.6 is 0 Å². The average molecular weight is 353 g/mol. The fourth-order valence-corrected chi connectivity index (χ4v) is 3.32. The van der Waals surface area contributed by atoms with Gasteiger partial charge in [0.1, 0.15) is 11.5 Å². The second kappa shape index (κ2) is 8.04. The average Bonchev–Trinajstić information content (AvgIpc) is 2.68.